The molecule has 8 nitrogen and oxygen atoms in total. The van der Waals surface area contributed by atoms with E-state index in [-0.39, 0.29) is 23.4 Å². The van der Waals surface area contributed by atoms with Gasteiger partial charge >= 0.3 is 6.01 Å². The van der Waals surface area contributed by atoms with E-state index in [0.717, 1.165) is 6.26 Å². The number of ether oxygens (including phenoxy) is 1. The van der Waals surface area contributed by atoms with Crippen LogP contribution in [-0.4, -0.2) is 44.3 Å². The molecule has 0 atom stereocenters. The molecule has 0 N–H and O–H groups in total. The van der Waals surface area contributed by atoms with Crippen molar-refractivity contribution >= 4 is 15.7 Å². The average molecular weight is 331 g/mol. The lowest BCUT2D eigenvalue weighted by atomic mass is 10.0. The first kappa shape index (κ1) is 15.2. The van der Waals surface area contributed by atoms with Crippen molar-refractivity contribution in [2.75, 3.05) is 20.0 Å². The van der Waals surface area contributed by atoms with Crippen LogP contribution in [0, 0.1) is 0 Å². The number of nitrogens with zero attached hydrogens (tertiary/aromatic N) is 5. The van der Waals surface area contributed by atoms with Gasteiger partial charge in [0.05, 0.1) is 12.0 Å². The summed E-state index contributed by atoms with van der Waals surface area (Å²) in [6, 6.07) is 5.18. The molecular weight excluding hydrogens is 318 g/mol. The second kappa shape index (κ2) is 5.84. The summed E-state index contributed by atoms with van der Waals surface area (Å²) in [5, 5.41) is 7.75. The summed E-state index contributed by atoms with van der Waals surface area (Å²) < 4.78 is 29.2. The minimum absolute atomic E-state index is 0.144. The van der Waals surface area contributed by atoms with Crippen LogP contribution in [0.5, 0.6) is 6.01 Å². The molecule has 1 aliphatic heterocycles. The van der Waals surface area contributed by atoms with Gasteiger partial charge in [0.1, 0.15) is 0 Å². The van der Waals surface area contributed by atoms with Crippen LogP contribution in [0.4, 0.5) is 0 Å². The lowest BCUT2D eigenvalue weighted by Gasteiger charge is -2.12. The Kier molecular flexibility index (Phi) is 3.87. The van der Waals surface area contributed by atoms with E-state index in [4.69, 9.17) is 4.74 Å². The lowest BCUT2D eigenvalue weighted by molar-refractivity contribution is 0.380. The van der Waals surface area contributed by atoms with Gasteiger partial charge < -0.3 is 4.74 Å². The minimum Gasteiger partial charge on any atom is -0.467 e. The van der Waals surface area contributed by atoms with E-state index in [2.05, 4.69) is 25.2 Å². The van der Waals surface area contributed by atoms with E-state index in [1.807, 2.05) is 0 Å². The summed E-state index contributed by atoms with van der Waals surface area (Å²) in [6.45, 7) is 0.186. The van der Waals surface area contributed by atoms with Crippen molar-refractivity contribution in [1.82, 2.24) is 9.97 Å². The van der Waals surface area contributed by atoms with Crippen LogP contribution in [0.3, 0.4) is 0 Å². The van der Waals surface area contributed by atoms with E-state index in [1.54, 1.807) is 24.5 Å². The predicted octanol–water partition coefficient (Wildman–Crippen LogP) is 1.73. The van der Waals surface area contributed by atoms with Crippen molar-refractivity contribution in [3.05, 3.63) is 36.2 Å². The number of rotatable bonds is 4. The predicted molar refractivity (Wildman–Crippen MR) is 83.4 cm³/mol. The van der Waals surface area contributed by atoms with Crippen LogP contribution in [0.2, 0.25) is 0 Å². The molecule has 0 saturated heterocycles. The molecule has 3 rings (SSSR count). The topological polar surface area (TPSA) is 106 Å². The van der Waals surface area contributed by atoms with E-state index in [1.165, 1.54) is 13.2 Å². The van der Waals surface area contributed by atoms with Crippen LogP contribution >= 0.6 is 0 Å². The fraction of sp³-hybridized carbons (Fsp3) is 0.214. The second-order valence-corrected chi connectivity index (χ2v) is 6.76. The summed E-state index contributed by atoms with van der Waals surface area (Å²) in [7, 11) is -1.99. The Balaban J connectivity index is 2.25. The number of amidine groups is 1. The Labute approximate surface area is 132 Å². The quantitative estimate of drug-likeness (QED) is 0.848. The maximum absolute atomic E-state index is 12.1. The lowest BCUT2D eigenvalue weighted by Crippen LogP contribution is -2.09. The molecule has 2 aromatic rings. The third kappa shape index (κ3) is 2.95. The molecule has 2 heterocycles. The summed E-state index contributed by atoms with van der Waals surface area (Å²) in [5.74, 6) is 0.289. The highest BCUT2D eigenvalue weighted by Gasteiger charge is 2.23. The number of azo groups is 1. The first-order valence-electron chi connectivity index (χ1n) is 6.62. The summed E-state index contributed by atoms with van der Waals surface area (Å²) >= 11 is 0. The van der Waals surface area contributed by atoms with Gasteiger partial charge in [-0.2, -0.15) is 5.11 Å². The van der Waals surface area contributed by atoms with Gasteiger partial charge in [0, 0.05) is 29.8 Å². The summed E-state index contributed by atoms with van der Waals surface area (Å²) in [5.41, 5.74) is 1.66. The Bertz CT molecular complexity index is 905. The molecule has 0 bridgehead atoms. The van der Waals surface area contributed by atoms with Gasteiger partial charge in [-0.25, -0.2) is 23.4 Å². The zero-order valence-corrected chi connectivity index (χ0v) is 13.3. The van der Waals surface area contributed by atoms with Gasteiger partial charge in [0.15, 0.2) is 22.3 Å². The number of sulfone groups is 1. The molecule has 0 fully saturated rings. The third-order valence-corrected chi connectivity index (χ3v) is 4.36. The number of aromatic nitrogens is 2. The van der Waals surface area contributed by atoms with Crippen LogP contribution in [0.25, 0.3) is 11.1 Å². The zero-order valence-electron chi connectivity index (χ0n) is 12.5. The Morgan fingerprint density at radius 2 is 1.91 bits per heavy atom. The number of hydrogen-bond acceptors (Lipinski definition) is 8. The normalized spacial score (nSPS) is 13.9. The highest BCUT2D eigenvalue weighted by atomic mass is 32.2. The van der Waals surface area contributed by atoms with Gasteiger partial charge in [0.2, 0.25) is 0 Å². The van der Waals surface area contributed by atoms with Gasteiger partial charge in [-0.3, -0.25) is 0 Å². The first-order chi connectivity index (χ1) is 11.0. The molecule has 0 aliphatic carbocycles. The molecule has 0 radical (unpaired) electrons. The first-order valence-corrected chi connectivity index (χ1v) is 8.51. The van der Waals surface area contributed by atoms with Crippen molar-refractivity contribution in [2.24, 2.45) is 15.2 Å². The number of methoxy groups -OCH3 is 1. The summed E-state index contributed by atoms with van der Waals surface area (Å²) in [6.07, 6.45) is 4.26. The fourth-order valence-corrected chi connectivity index (χ4v) is 3.13. The number of benzene rings is 1. The monoisotopic (exact) mass is 331 g/mol. The van der Waals surface area contributed by atoms with E-state index >= 15 is 0 Å². The minimum atomic E-state index is -3.46. The average Bonchev–Trinajstić information content (AvgIpc) is 3.07. The van der Waals surface area contributed by atoms with Crippen molar-refractivity contribution in [3.8, 4) is 17.1 Å². The van der Waals surface area contributed by atoms with Crippen molar-refractivity contribution in [2.45, 2.75) is 4.90 Å². The van der Waals surface area contributed by atoms with Gasteiger partial charge in [-0.15, -0.1) is 5.11 Å². The molecule has 0 amide bonds. The van der Waals surface area contributed by atoms with Crippen LogP contribution in [0.15, 0.2) is 50.7 Å². The van der Waals surface area contributed by atoms with Crippen molar-refractivity contribution in [1.29, 1.82) is 0 Å². The van der Waals surface area contributed by atoms with Crippen LogP contribution in [0.1, 0.15) is 5.56 Å². The van der Waals surface area contributed by atoms with Gasteiger partial charge in [-0.05, 0) is 11.6 Å². The Morgan fingerprint density at radius 3 is 2.48 bits per heavy atom. The largest absolute Gasteiger partial charge is 0.467 e. The molecule has 9 heteroatoms. The molecular formula is C14H13N5O3S. The molecule has 23 heavy (non-hydrogen) atoms. The van der Waals surface area contributed by atoms with E-state index in [9.17, 15) is 8.42 Å². The molecule has 118 valence electrons. The Hall–Kier alpha value is -2.68. The zero-order chi connectivity index (χ0) is 16.4. The summed E-state index contributed by atoms with van der Waals surface area (Å²) in [4.78, 5) is 12.4. The highest BCUT2D eigenvalue weighted by Crippen LogP contribution is 2.30. The standard InChI is InChI=1S/C14H13N5O3S/c1-22-14-15-6-9(7-16-14)10-4-3-5-11(23(2,20)21)12(10)13-17-8-18-19-13/h3-7H,8H2,1-2H3. The fourth-order valence-electron chi connectivity index (χ4n) is 2.23. The number of hydrogen-bond donors (Lipinski definition) is 0. The van der Waals surface area contributed by atoms with Crippen molar-refractivity contribution < 1.29 is 13.2 Å². The third-order valence-electron chi connectivity index (χ3n) is 3.22. The van der Waals surface area contributed by atoms with Crippen molar-refractivity contribution in [3.63, 3.8) is 0 Å². The maximum atomic E-state index is 12.1. The van der Waals surface area contributed by atoms with Crippen LogP contribution < -0.4 is 4.74 Å². The molecule has 1 aliphatic rings. The Morgan fingerprint density at radius 1 is 1.17 bits per heavy atom. The SMILES string of the molecule is COc1ncc(-c2cccc(S(C)(=O)=O)c2C2=NCN=N2)cn1. The molecule has 1 aromatic heterocycles. The van der Waals surface area contributed by atoms with Gasteiger partial charge in [-0.1, -0.05) is 12.1 Å². The molecule has 0 unspecified atom stereocenters. The van der Waals surface area contributed by atoms with E-state index in [0.29, 0.717) is 16.7 Å². The second-order valence-electron chi connectivity index (χ2n) is 4.77. The smallest absolute Gasteiger partial charge is 0.316 e. The maximum Gasteiger partial charge on any atom is 0.316 e. The van der Waals surface area contributed by atoms with Crippen LogP contribution in [-0.2, 0) is 9.84 Å². The van der Waals surface area contributed by atoms with Gasteiger partial charge in [0.25, 0.3) is 0 Å². The molecule has 1 aromatic carbocycles. The molecule has 0 spiro atoms. The van der Waals surface area contributed by atoms with E-state index < -0.39 is 9.84 Å². The molecule has 0 saturated carbocycles. The number of aliphatic imine (C=N–C) groups is 1. The highest BCUT2D eigenvalue weighted by molar-refractivity contribution is 7.90.